The van der Waals surface area contributed by atoms with Crippen LogP contribution in [0.4, 0.5) is 0 Å². The molecule has 0 saturated heterocycles. The van der Waals surface area contributed by atoms with E-state index in [1.807, 2.05) is 25.1 Å². The second-order valence-electron chi connectivity index (χ2n) is 4.66. The molecular formula is C13H15Br2NO. The topological polar surface area (TPSA) is 29.1 Å². The maximum absolute atomic E-state index is 12.2. The quantitative estimate of drug-likeness (QED) is 0.816. The summed E-state index contributed by atoms with van der Waals surface area (Å²) in [5, 5.41) is 3.98. The van der Waals surface area contributed by atoms with Gasteiger partial charge in [0, 0.05) is 9.80 Å². The van der Waals surface area contributed by atoms with Crippen molar-refractivity contribution in [3.8, 4) is 0 Å². The summed E-state index contributed by atoms with van der Waals surface area (Å²) in [6.07, 6.45) is 3.32. The van der Waals surface area contributed by atoms with Gasteiger partial charge in [0.1, 0.15) is 0 Å². The normalized spacial score (nSPS) is 17.4. The Morgan fingerprint density at radius 2 is 2.18 bits per heavy atom. The molecule has 0 aromatic heterocycles. The summed E-state index contributed by atoms with van der Waals surface area (Å²) < 4.78 is 0.890. The number of benzene rings is 1. The molecule has 0 aliphatic heterocycles. The Bertz CT molecular complexity index is 436. The highest BCUT2D eigenvalue weighted by Crippen LogP contribution is 2.34. The summed E-state index contributed by atoms with van der Waals surface area (Å²) in [7, 11) is 0. The summed E-state index contributed by atoms with van der Waals surface area (Å²) in [5.74, 6) is 0.0136. The third kappa shape index (κ3) is 2.58. The highest BCUT2D eigenvalue weighted by atomic mass is 79.9. The molecule has 1 aliphatic carbocycles. The van der Waals surface area contributed by atoms with Crippen molar-refractivity contribution in [3.05, 3.63) is 33.8 Å². The molecule has 1 aromatic carbocycles. The lowest BCUT2D eigenvalue weighted by Crippen LogP contribution is -2.54. The highest BCUT2D eigenvalue weighted by molar-refractivity contribution is 9.10. The van der Waals surface area contributed by atoms with E-state index >= 15 is 0 Å². The summed E-state index contributed by atoms with van der Waals surface area (Å²) in [6, 6.07) is 5.76. The van der Waals surface area contributed by atoms with E-state index in [0.717, 1.165) is 33.8 Å². The Morgan fingerprint density at radius 1 is 1.47 bits per heavy atom. The number of hydrogen-bond donors (Lipinski definition) is 1. The van der Waals surface area contributed by atoms with Crippen molar-refractivity contribution in [3.63, 3.8) is 0 Å². The molecule has 1 aliphatic rings. The van der Waals surface area contributed by atoms with Crippen LogP contribution in [0, 0.1) is 6.92 Å². The fraction of sp³-hybridized carbons (Fsp3) is 0.462. The van der Waals surface area contributed by atoms with Crippen molar-refractivity contribution in [2.75, 3.05) is 5.33 Å². The predicted molar refractivity (Wildman–Crippen MR) is 76.7 cm³/mol. The standard InChI is InChI=1S/C13H15Br2NO/c1-9-4-2-5-10(11(9)15)12(17)16-13(8-14)6-3-7-13/h2,4-5H,3,6-8H2,1H3,(H,16,17). The first-order valence-electron chi connectivity index (χ1n) is 5.72. The maximum Gasteiger partial charge on any atom is 0.252 e. The van der Waals surface area contributed by atoms with Gasteiger partial charge < -0.3 is 5.32 Å². The molecule has 0 heterocycles. The van der Waals surface area contributed by atoms with Crippen LogP contribution < -0.4 is 5.32 Å². The van der Waals surface area contributed by atoms with E-state index in [-0.39, 0.29) is 11.4 Å². The Kier molecular flexibility index (Phi) is 3.93. The molecule has 92 valence electrons. The fourth-order valence-corrected chi connectivity index (χ4v) is 3.17. The smallest absolute Gasteiger partial charge is 0.252 e. The predicted octanol–water partition coefficient (Wildman–Crippen LogP) is 3.80. The summed E-state index contributed by atoms with van der Waals surface area (Å²) in [5.41, 5.74) is 1.77. The van der Waals surface area contributed by atoms with E-state index in [0.29, 0.717) is 0 Å². The lowest BCUT2D eigenvalue weighted by Gasteiger charge is -2.41. The van der Waals surface area contributed by atoms with Crippen LogP contribution in [0.5, 0.6) is 0 Å². The van der Waals surface area contributed by atoms with Crippen LogP contribution in [-0.4, -0.2) is 16.8 Å². The summed E-state index contributed by atoms with van der Waals surface area (Å²) in [6.45, 7) is 1.99. The van der Waals surface area contributed by atoms with E-state index in [2.05, 4.69) is 37.2 Å². The molecule has 0 radical (unpaired) electrons. The molecule has 1 saturated carbocycles. The van der Waals surface area contributed by atoms with Gasteiger partial charge in [-0.05, 0) is 53.7 Å². The average molecular weight is 361 g/mol. The SMILES string of the molecule is Cc1cccc(C(=O)NC2(CBr)CCC2)c1Br. The first kappa shape index (κ1) is 13.1. The van der Waals surface area contributed by atoms with Crippen LogP contribution in [0.15, 0.2) is 22.7 Å². The van der Waals surface area contributed by atoms with Crippen molar-refractivity contribution in [2.45, 2.75) is 31.7 Å². The number of nitrogens with one attached hydrogen (secondary N) is 1. The molecule has 0 spiro atoms. The zero-order chi connectivity index (χ0) is 12.5. The van der Waals surface area contributed by atoms with Crippen LogP contribution in [0.2, 0.25) is 0 Å². The molecule has 17 heavy (non-hydrogen) atoms. The molecule has 2 nitrogen and oxygen atoms in total. The van der Waals surface area contributed by atoms with Crippen molar-refractivity contribution in [1.82, 2.24) is 5.32 Å². The number of halogens is 2. The van der Waals surface area contributed by atoms with E-state index in [4.69, 9.17) is 0 Å². The monoisotopic (exact) mass is 359 g/mol. The number of alkyl halides is 1. The summed E-state index contributed by atoms with van der Waals surface area (Å²) >= 11 is 6.97. The molecule has 1 amide bonds. The number of rotatable bonds is 3. The van der Waals surface area contributed by atoms with E-state index < -0.39 is 0 Å². The fourth-order valence-electron chi connectivity index (χ4n) is 2.03. The molecule has 0 bridgehead atoms. The van der Waals surface area contributed by atoms with Crippen LogP contribution in [0.1, 0.15) is 35.2 Å². The van der Waals surface area contributed by atoms with Crippen molar-refractivity contribution >= 4 is 37.8 Å². The third-order valence-electron chi connectivity index (χ3n) is 3.38. The Morgan fingerprint density at radius 3 is 2.71 bits per heavy atom. The molecule has 0 unspecified atom stereocenters. The van der Waals surface area contributed by atoms with Gasteiger partial charge in [-0.2, -0.15) is 0 Å². The maximum atomic E-state index is 12.2. The van der Waals surface area contributed by atoms with Crippen molar-refractivity contribution in [2.24, 2.45) is 0 Å². The minimum absolute atomic E-state index is 0.0136. The molecule has 1 aromatic rings. The molecular weight excluding hydrogens is 346 g/mol. The number of carbonyl (C=O) groups is 1. The molecule has 0 atom stereocenters. The van der Waals surface area contributed by atoms with E-state index in [1.165, 1.54) is 6.42 Å². The Balaban J connectivity index is 2.17. The second kappa shape index (κ2) is 5.11. The van der Waals surface area contributed by atoms with Crippen LogP contribution in [0.3, 0.4) is 0 Å². The minimum Gasteiger partial charge on any atom is -0.346 e. The number of aryl methyl sites for hydroxylation is 1. The molecule has 1 fully saturated rings. The number of amides is 1. The van der Waals surface area contributed by atoms with E-state index in [1.54, 1.807) is 0 Å². The number of hydrogen-bond acceptors (Lipinski definition) is 1. The van der Waals surface area contributed by atoms with E-state index in [9.17, 15) is 4.79 Å². The van der Waals surface area contributed by atoms with Gasteiger partial charge in [-0.1, -0.05) is 28.1 Å². The van der Waals surface area contributed by atoms with Gasteiger partial charge >= 0.3 is 0 Å². The van der Waals surface area contributed by atoms with Crippen molar-refractivity contribution < 1.29 is 4.79 Å². The van der Waals surface area contributed by atoms with Gasteiger partial charge in [0.25, 0.3) is 5.91 Å². The average Bonchev–Trinajstić information content (AvgIpc) is 2.27. The largest absolute Gasteiger partial charge is 0.346 e. The van der Waals surface area contributed by atoms with Crippen LogP contribution in [0.25, 0.3) is 0 Å². The summed E-state index contributed by atoms with van der Waals surface area (Å²) in [4.78, 5) is 12.2. The second-order valence-corrected chi connectivity index (χ2v) is 6.01. The molecule has 4 heteroatoms. The molecule has 1 N–H and O–H groups in total. The molecule has 2 rings (SSSR count). The minimum atomic E-state index is -0.0275. The third-order valence-corrected chi connectivity index (χ3v) is 5.51. The van der Waals surface area contributed by atoms with Gasteiger partial charge in [0.15, 0.2) is 0 Å². The number of carbonyl (C=O) groups excluding carboxylic acids is 1. The van der Waals surface area contributed by atoms with Gasteiger partial charge in [-0.3, -0.25) is 4.79 Å². The highest BCUT2D eigenvalue weighted by Gasteiger charge is 2.37. The first-order chi connectivity index (χ1) is 8.08. The zero-order valence-corrected chi connectivity index (χ0v) is 12.9. The van der Waals surface area contributed by atoms with Crippen molar-refractivity contribution in [1.29, 1.82) is 0 Å². The zero-order valence-electron chi connectivity index (χ0n) is 9.72. The lowest BCUT2D eigenvalue weighted by molar-refractivity contribution is 0.0855. The van der Waals surface area contributed by atoms with Gasteiger partial charge in [-0.25, -0.2) is 0 Å². The van der Waals surface area contributed by atoms with Gasteiger partial charge in [0.2, 0.25) is 0 Å². The Hall–Kier alpha value is -0.350. The van der Waals surface area contributed by atoms with Crippen LogP contribution >= 0.6 is 31.9 Å². The first-order valence-corrected chi connectivity index (χ1v) is 7.63. The Labute approximate surface area is 118 Å². The van der Waals surface area contributed by atoms with Crippen LogP contribution in [-0.2, 0) is 0 Å². The van der Waals surface area contributed by atoms with Gasteiger partial charge in [0.05, 0.1) is 11.1 Å². The lowest BCUT2D eigenvalue weighted by atomic mass is 9.78. The van der Waals surface area contributed by atoms with Gasteiger partial charge in [-0.15, -0.1) is 0 Å².